The van der Waals surface area contributed by atoms with Gasteiger partial charge >= 0.3 is 0 Å². The number of nitrogens with one attached hydrogen (secondary N) is 1. The Kier molecular flexibility index (Phi) is 6.76. The van der Waals surface area contributed by atoms with Crippen LogP contribution in [0, 0.1) is 5.92 Å². The molecular weight excluding hydrogens is 284 g/mol. The number of thioether (sulfide) groups is 1. The average molecular weight is 306 g/mol. The summed E-state index contributed by atoms with van der Waals surface area (Å²) in [5.41, 5.74) is 0. The third-order valence-electron chi connectivity index (χ3n) is 3.63. The summed E-state index contributed by atoms with van der Waals surface area (Å²) in [4.78, 5) is 25.9. The molecule has 0 radical (unpaired) electrons. The number of benzene rings is 1. The molecule has 2 rings (SSSR count). The highest BCUT2D eigenvalue weighted by Gasteiger charge is 2.19. The number of amides is 1. The number of hydrogen-bond donors (Lipinski definition) is 1. The lowest BCUT2D eigenvalue weighted by Crippen LogP contribution is -2.42. The van der Waals surface area contributed by atoms with Crippen LogP contribution in [0.5, 0.6) is 0 Å². The van der Waals surface area contributed by atoms with Gasteiger partial charge in [0.2, 0.25) is 5.91 Å². The van der Waals surface area contributed by atoms with Crippen molar-refractivity contribution in [3.8, 4) is 0 Å². The van der Waals surface area contributed by atoms with Gasteiger partial charge in [0.05, 0.1) is 6.54 Å². The highest BCUT2D eigenvalue weighted by molar-refractivity contribution is 7.99. The third-order valence-corrected chi connectivity index (χ3v) is 4.64. The molecule has 5 heteroatoms. The molecule has 1 aromatic carbocycles. The van der Waals surface area contributed by atoms with Crippen molar-refractivity contribution in [2.24, 2.45) is 5.92 Å². The number of nitrogens with zero attached hydrogens (tertiary/aromatic N) is 1. The van der Waals surface area contributed by atoms with Gasteiger partial charge in [0.1, 0.15) is 6.29 Å². The molecule has 1 heterocycles. The second-order valence-corrected chi connectivity index (χ2v) is 6.43. The van der Waals surface area contributed by atoms with E-state index in [2.05, 4.69) is 22.3 Å². The van der Waals surface area contributed by atoms with Gasteiger partial charge in [0.25, 0.3) is 0 Å². The number of rotatable bonds is 7. The average Bonchev–Trinajstić information content (AvgIpc) is 2.53. The van der Waals surface area contributed by atoms with E-state index in [1.54, 1.807) is 11.8 Å². The fourth-order valence-corrected chi connectivity index (χ4v) is 3.17. The molecule has 0 atom stereocenters. The van der Waals surface area contributed by atoms with Gasteiger partial charge < -0.3 is 10.1 Å². The van der Waals surface area contributed by atoms with E-state index in [4.69, 9.17) is 0 Å². The Bertz CT molecular complexity index is 445. The summed E-state index contributed by atoms with van der Waals surface area (Å²) >= 11 is 1.74. The summed E-state index contributed by atoms with van der Waals surface area (Å²) in [6.07, 6.45) is 2.79. The summed E-state index contributed by atoms with van der Waals surface area (Å²) in [6.45, 7) is 2.82. The summed E-state index contributed by atoms with van der Waals surface area (Å²) in [5.74, 6) is 1.14. The SMILES string of the molecule is O=CC1CCN(CC(=O)NCCSc2ccccc2)CC1. The van der Waals surface area contributed by atoms with E-state index in [9.17, 15) is 9.59 Å². The van der Waals surface area contributed by atoms with E-state index >= 15 is 0 Å². The fraction of sp³-hybridized carbons (Fsp3) is 0.500. The Morgan fingerprint density at radius 2 is 2.00 bits per heavy atom. The third kappa shape index (κ3) is 5.89. The van der Waals surface area contributed by atoms with E-state index in [1.807, 2.05) is 18.2 Å². The van der Waals surface area contributed by atoms with Gasteiger partial charge in [-0.2, -0.15) is 0 Å². The molecule has 1 saturated heterocycles. The molecule has 0 saturated carbocycles. The highest BCUT2D eigenvalue weighted by Crippen LogP contribution is 2.16. The summed E-state index contributed by atoms with van der Waals surface area (Å²) in [7, 11) is 0. The first-order valence-electron chi connectivity index (χ1n) is 7.40. The zero-order chi connectivity index (χ0) is 14.9. The van der Waals surface area contributed by atoms with Crippen LogP contribution in [-0.4, -0.2) is 49.0 Å². The van der Waals surface area contributed by atoms with Gasteiger partial charge in [-0.1, -0.05) is 18.2 Å². The van der Waals surface area contributed by atoms with Crippen molar-refractivity contribution in [3.63, 3.8) is 0 Å². The smallest absolute Gasteiger partial charge is 0.234 e. The van der Waals surface area contributed by atoms with Crippen LogP contribution in [0.3, 0.4) is 0 Å². The summed E-state index contributed by atoms with van der Waals surface area (Å²) in [6, 6.07) is 10.2. The zero-order valence-corrected chi connectivity index (χ0v) is 13.0. The molecule has 4 nitrogen and oxygen atoms in total. The van der Waals surface area contributed by atoms with Gasteiger partial charge in [-0.3, -0.25) is 9.69 Å². The highest BCUT2D eigenvalue weighted by atomic mass is 32.2. The van der Waals surface area contributed by atoms with Gasteiger partial charge in [-0.15, -0.1) is 11.8 Å². The molecule has 0 aliphatic carbocycles. The van der Waals surface area contributed by atoms with Crippen LogP contribution < -0.4 is 5.32 Å². The minimum Gasteiger partial charge on any atom is -0.354 e. The van der Waals surface area contributed by atoms with Gasteiger partial charge in [-0.05, 0) is 38.1 Å². The fourth-order valence-electron chi connectivity index (χ4n) is 2.38. The second-order valence-electron chi connectivity index (χ2n) is 5.26. The molecule has 21 heavy (non-hydrogen) atoms. The van der Waals surface area contributed by atoms with E-state index in [-0.39, 0.29) is 11.8 Å². The number of likely N-dealkylation sites (tertiary alicyclic amines) is 1. The molecule has 1 N–H and O–H groups in total. The summed E-state index contributed by atoms with van der Waals surface area (Å²) in [5, 5.41) is 2.95. The maximum atomic E-state index is 11.8. The molecule has 0 spiro atoms. The largest absolute Gasteiger partial charge is 0.354 e. The van der Waals surface area contributed by atoms with Crippen LogP contribution in [0.25, 0.3) is 0 Å². The number of hydrogen-bond acceptors (Lipinski definition) is 4. The van der Waals surface area contributed by atoms with Crippen molar-refractivity contribution in [1.29, 1.82) is 0 Å². The Hall–Kier alpha value is -1.33. The van der Waals surface area contributed by atoms with Crippen molar-refractivity contribution in [2.75, 3.05) is 31.9 Å². The van der Waals surface area contributed by atoms with E-state index in [1.165, 1.54) is 4.90 Å². The lowest BCUT2D eigenvalue weighted by Gasteiger charge is -2.28. The molecule has 1 aliphatic heterocycles. The number of piperidine rings is 1. The van der Waals surface area contributed by atoms with E-state index in [0.717, 1.165) is 38.0 Å². The van der Waals surface area contributed by atoms with E-state index in [0.29, 0.717) is 13.1 Å². The van der Waals surface area contributed by atoms with Crippen LogP contribution in [0.15, 0.2) is 35.2 Å². The Morgan fingerprint density at radius 1 is 1.29 bits per heavy atom. The molecule has 114 valence electrons. The van der Waals surface area contributed by atoms with Crippen LogP contribution in [0.4, 0.5) is 0 Å². The number of carbonyl (C=O) groups is 2. The number of aldehydes is 1. The van der Waals surface area contributed by atoms with Crippen LogP contribution in [-0.2, 0) is 9.59 Å². The first-order chi connectivity index (χ1) is 10.3. The van der Waals surface area contributed by atoms with Crippen molar-refractivity contribution in [3.05, 3.63) is 30.3 Å². The zero-order valence-electron chi connectivity index (χ0n) is 12.2. The van der Waals surface area contributed by atoms with Crippen LogP contribution >= 0.6 is 11.8 Å². The lowest BCUT2D eigenvalue weighted by atomic mass is 9.99. The second kappa shape index (κ2) is 8.85. The Morgan fingerprint density at radius 3 is 2.67 bits per heavy atom. The molecule has 1 fully saturated rings. The van der Waals surface area contributed by atoms with Crippen molar-refractivity contribution < 1.29 is 9.59 Å². The predicted molar refractivity (Wildman–Crippen MR) is 85.4 cm³/mol. The lowest BCUT2D eigenvalue weighted by molar-refractivity contribution is -0.122. The normalized spacial score (nSPS) is 16.6. The van der Waals surface area contributed by atoms with Crippen LogP contribution in [0.1, 0.15) is 12.8 Å². The summed E-state index contributed by atoms with van der Waals surface area (Å²) < 4.78 is 0. The monoisotopic (exact) mass is 306 g/mol. The predicted octanol–water partition coefficient (Wildman–Crippen LogP) is 1.81. The van der Waals surface area contributed by atoms with Crippen LogP contribution in [0.2, 0.25) is 0 Å². The molecule has 0 unspecified atom stereocenters. The standard InChI is InChI=1S/C16H22N2O2S/c19-13-14-6-9-18(10-7-14)12-16(20)17-8-11-21-15-4-2-1-3-5-15/h1-5,13-14H,6-12H2,(H,17,20). The maximum Gasteiger partial charge on any atom is 0.234 e. The Balaban J connectivity index is 1.57. The van der Waals surface area contributed by atoms with Gasteiger partial charge in [0, 0.05) is 23.1 Å². The maximum absolute atomic E-state index is 11.8. The van der Waals surface area contributed by atoms with Gasteiger partial charge in [0.15, 0.2) is 0 Å². The number of carbonyl (C=O) groups excluding carboxylic acids is 2. The topological polar surface area (TPSA) is 49.4 Å². The van der Waals surface area contributed by atoms with E-state index < -0.39 is 0 Å². The van der Waals surface area contributed by atoms with Gasteiger partial charge in [-0.25, -0.2) is 0 Å². The quantitative estimate of drug-likeness (QED) is 0.474. The molecule has 1 amide bonds. The van der Waals surface area contributed by atoms with Crippen molar-refractivity contribution >= 4 is 24.0 Å². The van der Waals surface area contributed by atoms with Crippen molar-refractivity contribution in [2.45, 2.75) is 17.7 Å². The first kappa shape index (κ1) is 16.0. The first-order valence-corrected chi connectivity index (χ1v) is 8.38. The molecular formula is C16H22N2O2S. The molecule has 0 bridgehead atoms. The molecule has 1 aliphatic rings. The minimum absolute atomic E-state index is 0.0771. The molecule has 0 aromatic heterocycles. The molecule has 1 aromatic rings. The Labute approximate surface area is 130 Å². The minimum atomic E-state index is 0.0771. The van der Waals surface area contributed by atoms with Crippen molar-refractivity contribution in [1.82, 2.24) is 10.2 Å².